The first-order chi connectivity index (χ1) is 15.7. The Bertz CT molecular complexity index is 1080. The van der Waals surface area contributed by atoms with Gasteiger partial charge in [0.05, 0.1) is 22.7 Å². The fourth-order valence-electron chi connectivity index (χ4n) is 3.66. The Labute approximate surface area is 192 Å². The minimum Gasteiger partial charge on any atom is -0.369 e. The van der Waals surface area contributed by atoms with Crippen LogP contribution in [0.5, 0.6) is 0 Å². The van der Waals surface area contributed by atoms with Gasteiger partial charge in [-0.05, 0) is 55.7 Å². The summed E-state index contributed by atoms with van der Waals surface area (Å²) < 4.78 is 39.2. The summed E-state index contributed by atoms with van der Waals surface area (Å²) in [5.74, 6) is -0.554. The number of carbonyl (C=O) groups is 2. The average molecular weight is 478 g/mol. The molecule has 178 valence electrons. The molecular formula is C22H28FN5O4S. The molecule has 9 nitrogen and oxygen atoms in total. The minimum absolute atomic E-state index is 0.00197. The SMILES string of the molecule is CN(CCCC(=O)Nc1ccc(N2CCCC(C(N)=O)C2)nc1)S(=O)(=O)c1ccc(F)cc1. The number of carbonyl (C=O) groups excluding carboxylic acids is 2. The number of hydrogen-bond acceptors (Lipinski definition) is 6. The maximum absolute atomic E-state index is 13.0. The molecule has 0 bridgehead atoms. The first-order valence-electron chi connectivity index (χ1n) is 10.7. The fourth-order valence-corrected chi connectivity index (χ4v) is 4.87. The van der Waals surface area contributed by atoms with Crippen molar-refractivity contribution >= 4 is 33.3 Å². The lowest BCUT2D eigenvalue weighted by Gasteiger charge is -2.32. The average Bonchev–Trinajstić information content (AvgIpc) is 2.80. The number of amides is 2. The van der Waals surface area contributed by atoms with Gasteiger partial charge in [0.15, 0.2) is 0 Å². The van der Waals surface area contributed by atoms with E-state index >= 15 is 0 Å². The highest BCUT2D eigenvalue weighted by molar-refractivity contribution is 7.89. The monoisotopic (exact) mass is 477 g/mol. The molecule has 1 unspecified atom stereocenters. The van der Waals surface area contributed by atoms with Crippen LogP contribution in [0.25, 0.3) is 0 Å². The number of benzene rings is 1. The first kappa shape index (κ1) is 24.6. The number of pyridine rings is 1. The summed E-state index contributed by atoms with van der Waals surface area (Å²) in [5.41, 5.74) is 5.95. The van der Waals surface area contributed by atoms with Crippen LogP contribution in [0.2, 0.25) is 0 Å². The van der Waals surface area contributed by atoms with E-state index in [1.165, 1.54) is 19.2 Å². The lowest BCUT2D eigenvalue weighted by Crippen LogP contribution is -2.41. The highest BCUT2D eigenvalue weighted by Gasteiger charge is 2.25. The second-order valence-electron chi connectivity index (χ2n) is 8.02. The molecule has 3 rings (SSSR count). The van der Waals surface area contributed by atoms with Crippen LogP contribution in [0.1, 0.15) is 25.7 Å². The second kappa shape index (κ2) is 10.7. The molecule has 1 aliphatic heterocycles. The van der Waals surface area contributed by atoms with Crippen molar-refractivity contribution in [1.29, 1.82) is 0 Å². The number of nitrogens with zero attached hydrogens (tertiary/aromatic N) is 3. The van der Waals surface area contributed by atoms with Crippen LogP contribution < -0.4 is 16.0 Å². The Balaban J connectivity index is 1.47. The number of nitrogens with two attached hydrogens (primary N) is 1. The van der Waals surface area contributed by atoms with Gasteiger partial charge in [0, 0.05) is 33.1 Å². The van der Waals surface area contributed by atoms with Gasteiger partial charge in [-0.2, -0.15) is 0 Å². The smallest absolute Gasteiger partial charge is 0.242 e. The van der Waals surface area contributed by atoms with Crippen molar-refractivity contribution in [2.75, 3.05) is 36.9 Å². The molecule has 1 aromatic carbocycles. The van der Waals surface area contributed by atoms with Gasteiger partial charge in [-0.25, -0.2) is 22.1 Å². The number of rotatable bonds is 9. The van der Waals surface area contributed by atoms with Gasteiger partial charge in [-0.15, -0.1) is 0 Å². The third kappa shape index (κ3) is 6.48. The summed E-state index contributed by atoms with van der Waals surface area (Å²) in [6, 6.07) is 8.12. The van der Waals surface area contributed by atoms with E-state index < -0.39 is 15.8 Å². The number of aromatic nitrogens is 1. The lowest BCUT2D eigenvalue weighted by atomic mass is 9.97. The molecule has 0 spiro atoms. The summed E-state index contributed by atoms with van der Waals surface area (Å²) in [5, 5.41) is 2.75. The zero-order chi connectivity index (χ0) is 24.0. The molecule has 1 saturated heterocycles. The third-order valence-corrected chi connectivity index (χ3v) is 7.45. The predicted octanol–water partition coefficient (Wildman–Crippen LogP) is 1.96. The topological polar surface area (TPSA) is 126 Å². The van der Waals surface area contributed by atoms with Crippen molar-refractivity contribution in [3.05, 3.63) is 48.4 Å². The highest BCUT2D eigenvalue weighted by Crippen LogP contribution is 2.22. The largest absolute Gasteiger partial charge is 0.369 e. The van der Waals surface area contributed by atoms with Gasteiger partial charge < -0.3 is 16.0 Å². The van der Waals surface area contributed by atoms with Crippen molar-refractivity contribution in [3.8, 4) is 0 Å². The molecule has 0 radical (unpaired) electrons. The number of primary amides is 1. The molecule has 1 fully saturated rings. The second-order valence-corrected chi connectivity index (χ2v) is 10.1. The van der Waals surface area contributed by atoms with E-state index in [-0.39, 0.29) is 35.6 Å². The summed E-state index contributed by atoms with van der Waals surface area (Å²) >= 11 is 0. The molecule has 0 saturated carbocycles. The van der Waals surface area contributed by atoms with Crippen LogP contribution in [-0.4, -0.2) is 56.2 Å². The Morgan fingerprint density at radius 3 is 2.61 bits per heavy atom. The fraction of sp³-hybridized carbons (Fsp3) is 0.409. The van der Waals surface area contributed by atoms with E-state index in [1.807, 2.05) is 4.90 Å². The van der Waals surface area contributed by atoms with Crippen molar-refractivity contribution in [2.45, 2.75) is 30.6 Å². The Morgan fingerprint density at radius 2 is 1.97 bits per heavy atom. The Hall–Kier alpha value is -3.05. The van der Waals surface area contributed by atoms with E-state index in [2.05, 4.69) is 10.3 Å². The summed E-state index contributed by atoms with van der Waals surface area (Å²) in [6.07, 6.45) is 3.62. The Kier molecular flexibility index (Phi) is 7.98. The van der Waals surface area contributed by atoms with Crippen LogP contribution in [0.4, 0.5) is 15.9 Å². The van der Waals surface area contributed by atoms with Gasteiger partial charge >= 0.3 is 0 Å². The molecule has 0 aliphatic carbocycles. The number of anilines is 2. The quantitative estimate of drug-likeness (QED) is 0.569. The van der Waals surface area contributed by atoms with E-state index in [4.69, 9.17) is 5.73 Å². The van der Waals surface area contributed by atoms with E-state index in [0.29, 0.717) is 24.5 Å². The predicted molar refractivity (Wildman–Crippen MR) is 122 cm³/mol. The van der Waals surface area contributed by atoms with Crippen LogP contribution in [0, 0.1) is 11.7 Å². The number of nitrogens with one attached hydrogen (secondary N) is 1. The van der Waals surface area contributed by atoms with Crippen LogP contribution >= 0.6 is 0 Å². The summed E-state index contributed by atoms with van der Waals surface area (Å²) in [4.78, 5) is 30.1. The molecule has 2 heterocycles. The van der Waals surface area contributed by atoms with Crippen molar-refractivity contribution in [1.82, 2.24) is 9.29 Å². The van der Waals surface area contributed by atoms with Gasteiger partial charge in [0.25, 0.3) is 0 Å². The van der Waals surface area contributed by atoms with E-state index in [1.54, 1.807) is 18.3 Å². The highest BCUT2D eigenvalue weighted by atomic mass is 32.2. The molecule has 1 aromatic heterocycles. The molecule has 1 atom stereocenters. The van der Waals surface area contributed by atoms with Gasteiger partial charge in [0.2, 0.25) is 21.8 Å². The molecule has 11 heteroatoms. The Morgan fingerprint density at radius 1 is 1.24 bits per heavy atom. The van der Waals surface area contributed by atoms with Crippen molar-refractivity contribution in [2.24, 2.45) is 11.7 Å². The molecule has 1 aliphatic rings. The van der Waals surface area contributed by atoms with E-state index in [0.717, 1.165) is 35.8 Å². The van der Waals surface area contributed by atoms with Crippen LogP contribution in [0.3, 0.4) is 0 Å². The maximum atomic E-state index is 13.0. The zero-order valence-electron chi connectivity index (χ0n) is 18.4. The maximum Gasteiger partial charge on any atom is 0.242 e. The summed E-state index contributed by atoms with van der Waals surface area (Å²) in [6.45, 7) is 1.46. The van der Waals surface area contributed by atoms with Crippen LogP contribution in [0.15, 0.2) is 47.5 Å². The molecule has 2 amide bonds. The van der Waals surface area contributed by atoms with Crippen molar-refractivity contribution < 1.29 is 22.4 Å². The zero-order valence-corrected chi connectivity index (χ0v) is 19.2. The third-order valence-electron chi connectivity index (χ3n) is 5.58. The van der Waals surface area contributed by atoms with Crippen molar-refractivity contribution in [3.63, 3.8) is 0 Å². The molecular weight excluding hydrogens is 449 g/mol. The normalized spacial score (nSPS) is 16.6. The minimum atomic E-state index is -3.75. The van der Waals surface area contributed by atoms with Gasteiger partial charge in [-0.1, -0.05) is 0 Å². The number of hydrogen-bond donors (Lipinski definition) is 2. The van der Waals surface area contributed by atoms with Crippen LogP contribution in [-0.2, 0) is 19.6 Å². The lowest BCUT2D eigenvalue weighted by molar-refractivity contribution is -0.122. The molecule has 33 heavy (non-hydrogen) atoms. The summed E-state index contributed by atoms with van der Waals surface area (Å²) in [7, 11) is -2.33. The number of halogens is 1. The number of piperidine rings is 1. The van der Waals surface area contributed by atoms with E-state index in [9.17, 15) is 22.4 Å². The molecule has 3 N–H and O–H groups in total. The van der Waals surface area contributed by atoms with Gasteiger partial charge in [0.1, 0.15) is 11.6 Å². The number of sulfonamides is 1. The van der Waals surface area contributed by atoms with Gasteiger partial charge in [-0.3, -0.25) is 9.59 Å². The standard InChI is InChI=1S/C22H28FN5O4S/c1-27(33(31,32)19-9-6-17(23)7-10-19)12-3-5-21(29)26-18-8-11-20(25-14-18)28-13-2-4-16(15-28)22(24)30/h6-11,14,16H,2-5,12-13,15H2,1H3,(H2,24,30)(H,26,29). The molecule has 2 aromatic rings. The first-order valence-corrected chi connectivity index (χ1v) is 12.1.